The van der Waals surface area contributed by atoms with Crippen LogP contribution in [0.2, 0.25) is 0 Å². The molecule has 0 bridgehead atoms. The number of ether oxygens (including phenoxy) is 1. The largest absolute Gasteiger partial charge is 0.480 e. The Labute approximate surface area is 120 Å². The standard InChI is InChI=1S/C14H14N2O5/c1-21-14(20)9-2-3-10-8(6-9)4-5-15-12(10)16-11(7-17)13(18)19/h2-6,11,17H,7H2,1H3,(H,15,16)(H,18,19). The number of nitrogens with zero attached hydrogens (tertiary/aromatic N) is 1. The number of hydrogen-bond acceptors (Lipinski definition) is 6. The normalized spacial score (nSPS) is 11.9. The summed E-state index contributed by atoms with van der Waals surface area (Å²) < 4.78 is 4.65. The number of fused-ring (bicyclic) bond motifs is 1. The van der Waals surface area contributed by atoms with Gasteiger partial charge in [-0.25, -0.2) is 14.6 Å². The number of rotatable bonds is 5. The van der Waals surface area contributed by atoms with Crippen LogP contribution in [0.5, 0.6) is 0 Å². The first-order valence-corrected chi connectivity index (χ1v) is 6.14. The summed E-state index contributed by atoms with van der Waals surface area (Å²) >= 11 is 0. The molecule has 0 aliphatic heterocycles. The van der Waals surface area contributed by atoms with Crippen LogP contribution >= 0.6 is 0 Å². The van der Waals surface area contributed by atoms with Gasteiger partial charge < -0.3 is 20.3 Å². The number of anilines is 1. The molecule has 2 aromatic rings. The van der Waals surface area contributed by atoms with Gasteiger partial charge in [0, 0.05) is 11.6 Å². The lowest BCUT2D eigenvalue weighted by molar-refractivity contribution is -0.138. The van der Waals surface area contributed by atoms with Gasteiger partial charge >= 0.3 is 11.9 Å². The Balaban J connectivity index is 2.42. The van der Waals surface area contributed by atoms with Crippen molar-refractivity contribution in [2.75, 3.05) is 19.0 Å². The molecule has 110 valence electrons. The van der Waals surface area contributed by atoms with Gasteiger partial charge in [-0.15, -0.1) is 0 Å². The highest BCUT2D eigenvalue weighted by molar-refractivity contribution is 5.99. The third kappa shape index (κ3) is 3.09. The van der Waals surface area contributed by atoms with Gasteiger partial charge in [0.1, 0.15) is 11.9 Å². The molecule has 0 saturated heterocycles. The third-order valence-corrected chi connectivity index (χ3v) is 2.98. The molecule has 1 atom stereocenters. The molecule has 0 amide bonds. The Morgan fingerprint density at radius 3 is 2.76 bits per heavy atom. The van der Waals surface area contributed by atoms with E-state index in [-0.39, 0.29) is 0 Å². The number of benzene rings is 1. The number of carbonyl (C=O) groups excluding carboxylic acids is 1. The summed E-state index contributed by atoms with van der Waals surface area (Å²) in [5.41, 5.74) is 0.388. The predicted octanol–water partition coefficient (Wildman–Crippen LogP) is 0.879. The number of methoxy groups -OCH3 is 1. The van der Waals surface area contributed by atoms with Crippen molar-refractivity contribution >= 4 is 28.5 Å². The van der Waals surface area contributed by atoms with Crippen molar-refractivity contribution in [2.45, 2.75) is 6.04 Å². The summed E-state index contributed by atoms with van der Waals surface area (Å²) in [4.78, 5) is 26.5. The van der Waals surface area contributed by atoms with Crippen LogP contribution in [0.4, 0.5) is 5.82 Å². The Kier molecular flexibility index (Phi) is 4.34. The predicted molar refractivity (Wildman–Crippen MR) is 75.2 cm³/mol. The summed E-state index contributed by atoms with van der Waals surface area (Å²) in [5, 5.41) is 22.0. The summed E-state index contributed by atoms with van der Waals surface area (Å²) in [6.45, 7) is -0.562. The van der Waals surface area contributed by atoms with E-state index in [4.69, 9.17) is 10.2 Å². The Morgan fingerprint density at radius 1 is 1.38 bits per heavy atom. The second-order valence-corrected chi connectivity index (χ2v) is 4.30. The molecule has 1 heterocycles. The fourth-order valence-electron chi connectivity index (χ4n) is 1.89. The van der Waals surface area contributed by atoms with Gasteiger partial charge in [0.15, 0.2) is 0 Å². The van der Waals surface area contributed by atoms with Crippen molar-refractivity contribution in [3.63, 3.8) is 0 Å². The number of pyridine rings is 1. The molecule has 0 aliphatic carbocycles. The highest BCUT2D eigenvalue weighted by Crippen LogP contribution is 2.23. The number of aromatic nitrogens is 1. The number of aliphatic hydroxyl groups excluding tert-OH is 1. The van der Waals surface area contributed by atoms with E-state index in [1.54, 1.807) is 24.3 Å². The maximum Gasteiger partial charge on any atom is 0.337 e. The summed E-state index contributed by atoms with van der Waals surface area (Å²) in [5.74, 6) is -1.31. The average Bonchev–Trinajstić information content (AvgIpc) is 2.50. The van der Waals surface area contributed by atoms with Crippen LogP contribution in [0.25, 0.3) is 10.8 Å². The lowest BCUT2D eigenvalue weighted by Gasteiger charge is -2.14. The molecule has 21 heavy (non-hydrogen) atoms. The monoisotopic (exact) mass is 290 g/mol. The molecule has 0 saturated carbocycles. The third-order valence-electron chi connectivity index (χ3n) is 2.98. The fourth-order valence-corrected chi connectivity index (χ4v) is 1.89. The average molecular weight is 290 g/mol. The highest BCUT2D eigenvalue weighted by atomic mass is 16.5. The zero-order valence-electron chi connectivity index (χ0n) is 11.2. The molecule has 0 spiro atoms. The van der Waals surface area contributed by atoms with E-state index in [0.29, 0.717) is 22.2 Å². The van der Waals surface area contributed by atoms with E-state index in [0.717, 1.165) is 0 Å². The molecule has 3 N–H and O–H groups in total. The van der Waals surface area contributed by atoms with Crippen molar-refractivity contribution in [2.24, 2.45) is 0 Å². The Bertz CT molecular complexity index is 686. The molecule has 0 radical (unpaired) electrons. The number of carbonyl (C=O) groups is 2. The van der Waals surface area contributed by atoms with E-state index in [1.807, 2.05) is 0 Å². The van der Waals surface area contributed by atoms with E-state index in [1.165, 1.54) is 13.3 Å². The number of esters is 1. The zero-order valence-corrected chi connectivity index (χ0v) is 11.2. The van der Waals surface area contributed by atoms with Gasteiger partial charge in [0.05, 0.1) is 19.3 Å². The van der Waals surface area contributed by atoms with Crippen molar-refractivity contribution in [1.29, 1.82) is 0 Å². The molecule has 0 fully saturated rings. The molecule has 1 aromatic heterocycles. The smallest absolute Gasteiger partial charge is 0.337 e. The topological polar surface area (TPSA) is 109 Å². The maximum atomic E-state index is 11.5. The SMILES string of the molecule is COC(=O)c1ccc2c(NC(CO)C(=O)O)nccc2c1. The quantitative estimate of drug-likeness (QED) is 0.701. The van der Waals surface area contributed by atoms with Crippen LogP contribution in [-0.2, 0) is 9.53 Å². The zero-order chi connectivity index (χ0) is 15.4. The number of carboxylic acids is 1. The number of aliphatic hydroxyl groups is 1. The minimum absolute atomic E-state index is 0.324. The Morgan fingerprint density at radius 2 is 2.14 bits per heavy atom. The van der Waals surface area contributed by atoms with Crippen LogP contribution in [0.3, 0.4) is 0 Å². The molecule has 7 heteroatoms. The van der Waals surface area contributed by atoms with Crippen molar-refractivity contribution in [3.8, 4) is 0 Å². The Hall–Kier alpha value is -2.67. The molecule has 2 rings (SSSR count). The molecule has 1 aromatic carbocycles. The highest BCUT2D eigenvalue weighted by Gasteiger charge is 2.17. The minimum atomic E-state index is -1.18. The van der Waals surface area contributed by atoms with E-state index < -0.39 is 24.6 Å². The second kappa shape index (κ2) is 6.19. The molecule has 1 unspecified atom stereocenters. The van der Waals surface area contributed by atoms with Gasteiger partial charge in [-0.1, -0.05) is 0 Å². The van der Waals surface area contributed by atoms with Gasteiger partial charge in [0.25, 0.3) is 0 Å². The summed E-state index contributed by atoms with van der Waals surface area (Å²) in [6.07, 6.45) is 1.49. The fraction of sp³-hybridized carbons (Fsp3) is 0.214. The minimum Gasteiger partial charge on any atom is -0.480 e. The van der Waals surface area contributed by atoms with E-state index in [2.05, 4.69) is 15.0 Å². The summed E-state index contributed by atoms with van der Waals surface area (Å²) in [6, 6.07) is 5.39. The second-order valence-electron chi connectivity index (χ2n) is 4.30. The van der Waals surface area contributed by atoms with E-state index >= 15 is 0 Å². The maximum absolute atomic E-state index is 11.5. The lowest BCUT2D eigenvalue weighted by atomic mass is 10.1. The van der Waals surface area contributed by atoms with E-state index in [9.17, 15) is 9.59 Å². The first kappa shape index (κ1) is 14.7. The van der Waals surface area contributed by atoms with Crippen LogP contribution in [-0.4, -0.2) is 46.9 Å². The molecular formula is C14H14N2O5. The van der Waals surface area contributed by atoms with Gasteiger partial charge in [-0.3, -0.25) is 0 Å². The number of carboxylic acid groups (broad SMARTS) is 1. The van der Waals surface area contributed by atoms with Crippen LogP contribution < -0.4 is 5.32 Å². The number of nitrogens with one attached hydrogen (secondary N) is 1. The van der Waals surface area contributed by atoms with Crippen LogP contribution in [0.15, 0.2) is 30.5 Å². The molecule has 0 aliphatic rings. The first-order valence-electron chi connectivity index (χ1n) is 6.14. The van der Waals surface area contributed by atoms with Gasteiger partial charge in [0.2, 0.25) is 0 Å². The molecule has 7 nitrogen and oxygen atoms in total. The first-order chi connectivity index (χ1) is 10.1. The van der Waals surface area contributed by atoms with Crippen molar-refractivity contribution in [3.05, 3.63) is 36.0 Å². The summed E-state index contributed by atoms with van der Waals surface area (Å²) in [7, 11) is 1.30. The van der Waals surface area contributed by atoms with Gasteiger partial charge in [-0.2, -0.15) is 0 Å². The van der Waals surface area contributed by atoms with Crippen molar-refractivity contribution in [1.82, 2.24) is 4.98 Å². The van der Waals surface area contributed by atoms with Crippen LogP contribution in [0, 0.1) is 0 Å². The molecular weight excluding hydrogens is 276 g/mol. The number of aliphatic carboxylic acids is 1. The lowest BCUT2D eigenvalue weighted by Crippen LogP contribution is -2.33. The van der Waals surface area contributed by atoms with Gasteiger partial charge in [-0.05, 0) is 29.7 Å². The number of hydrogen-bond donors (Lipinski definition) is 3. The van der Waals surface area contributed by atoms with Crippen LogP contribution in [0.1, 0.15) is 10.4 Å². The van der Waals surface area contributed by atoms with Crippen molar-refractivity contribution < 1.29 is 24.5 Å².